The number of benzene rings is 1. The quantitative estimate of drug-likeness (QED) is 0.708. The summed E-state index contributed by atoms with van der Waals surface area (Å²) >= 11 is 0. The molecule has 0 saturated carbocycles. The van der Waals surface area contributed by atoms with Gasteiger partial charge in [0.2, 0.25) is 0 Å². The van der Waals surface area contributed by atoms with Crippen LogP contribution in [0.2, 0.25) is 0 Å². The van der Waals surface area contributed by atoms with E-state index in [1.807, 2.05) is 0 Å². The molecule has 1 aromatic carbocycles. The Hall–Kier alpha value is -1.16. The highest BCUT2D eigenvalue weighted by Crippen LogP contribution is 2.20. The summed E-state index contributed by atoms with van der Waals surface area (Å²) < 4.78 is 25.3. The van der Waals surface area contributed by atoms with Gasteiger partial charge in [-0.25, -0.2) is 8.78 Å². The Kier molecular flexibility index (Phi) is 2.60. The standard InChI is InChI=1S/C8H9F2NO/c1-11-4-5-2-6(9)8(12)7(10)3-5/h2-3,11-12H,4H2,1H3. The molecule has 0 bridgehead atoms. The molecule has 0 radical (unpaired) electrons. The SMILES string of the molecule is CNCc1cc(F)c(O)c(F)c1. The Morgan fingerprint density at radius 2 is 1.83 bits per heavy atom. The van der Waals surface area contributed by atoms with Crippen molar-refractivity contribution in [2.24, 2.45) is 0 Å². The molecule has 0 fully saturated rings. The minimum atomic E-state index is -0.930. The molecule has 2 N–H and O–H groups in total. The maximum Gasteiger partial charge on any atom is 0.187 e. The highest BCUT2D eigenvalue weighted by atomic mass is 19.1. The van der Waals surface area contributed by atoms with E-state index in [0.29, 0.717) is 12.1 Å². The Bertz CT molecular complexity index is 265. The molecule has 0 unspecified atom stereocenters. The zero-order valence-electron chi connectivity index (χ0n) is 6.56. The first kappa shape index (κ1) is 8.93. The highest BCUT2D eigenvalue weighted by molar-refractivity contribution is 5.29. The Morgan fingerprint density at radius 1 is 1.33 bits per heavy atom. The zero-order chi connectivity index (χ0) is 9.14. The number of rotatable bonds is 2. The lowest BCUT2D eigenvalue weighted by molar-refractivity contribution is 0.395. The second-order valence-corrected chi connectivity index (χ2v) is 2.44. The molecule has 2 nitrogen and oxygen atoms in total. The lowest BCUT2D eigenvalue weighted by Gasteiger charge is -2.02. The predicted molar refractivity (Wildman–Crippen MR) is 40.8 cm³/mol. The topological polar surface area (TPSA) is 32.3 Å². The minimum absolute atomic E-state index is 0.369. The number of nitrogens with one attached hydrogen (secondary N) is 1. The van der Waals surface area contributed by atoms with E-state index in [1.165, 1.54) is 0 Å². The highest BCUT2D eigenvalue weighted by Gasteiger charge is 2.08. The molecule has 0 aliphatic carbocycles. The van der Waals surface area contributed by atoms with Gasteiger partial charge in [-0.15, -0.1) is 0 Å². The molecule has 0 spiro atoms. The van der Waals surface area contributed by atoms with Gasteiger partial charge in [-0.05, 0) is 24.7 Å². The van der Waals surface area contributed by atoms with E-state index in [1.54, 1.807) is 7.05 Å². The maximum atomic E-state index is 12.6. The van der Waals surface area contributed by atoms with Crippen LogP contribution in [0, 0.1) is 11.6 Å². The number of halogens is 2. The van der Waals surface area contributed by atoms with Crippen molar-refractivity contribution < 1.29 is 13.9 Å². The third kappa shape index (κ3) is 1.71. The van der Waals surface area contributed by atoms with E-state index in [-0.39, 0.29) is 0 Å². The minimum Gasteiger partial charge on any atom is -0.503 e. The van der Waals surface area contributed by atoms with Crippen LogP contribution >= 0.6 is 0 Å². The average Bonchev–Trinajstić information content (AvgIpc) is 2.01. The molecule has 0 aliphatic heterocycles. The summed E-state index contributed by atoms with van der Waals surface area (Å²) in [6.45, 7) is 0.369. The predicted octanol–water partition coefficient (Wildman–Crippen LogP) is 1.39. The average molecular weight is 173 g/mol. The summed E-state index contributed by atoms with van der Waals surface area (Å²) in [5.74, 6) is -2.78. The van der Waals surface area contributed by atoms with Gasteiger partial charge in [-0.1, -0.05) is 0 Å². The summed E-state index contributed by atoms with van der Waals surface area (Å²) in [7, 11) is 1.67. The van der Waals surface area contributed by atoms with E-state index in [4.69, 9.17) is 5.11 Å². The normalized spacial score (nSPS) is 10.2. The fraction of sp³-hybridized carbons (Fsp3) is 0.250. The van der Waals surface area contributed by atoms with E-state index in [2.05, 4.69) is 5.32 Å². The van der Waals surface area contributed by atoms with Gasteiger partial charge in [0.05, 0.1) is 0 Å². The molecule has 0 atom stereocenters. The van der Waals surface area contributed by atoms with Gasteiger partial charge in [0.25, 0.3) is 0 Å². The molecule has 4 heteroatoms. The van der Waals surface area contributed by atoms with E-state index >= 15 is 0 Å². The van der Waals surface area contributed by atoms with Gasteiger partial charge in [-0.2, -0.15) is 0 Å². The van der Waals surface area contributed by atoms with Crippen LogP contribution in [0.4, 0.5) is 8.78 Å². The lowest BCUT2D eigenvalue weighted by atomic mass is 10.2. The number of hydrogen-bond donors (Lipinski definition) is 2. The van der Waals surface area contributed by atoms with Crippen LogP contribution in [0.3, 0.4) is 0 Å². The number of phenolic OH excluding ortho intramolecular Hbond substituents is 1. The van der Waals surface area contributed by atoms with Crippen LogP contribution < -0.4 is 5.32 Å². The Labute approximate surface area is 68.8 Å². The Balaban J connectivity index is 3.04. The molecule has 0 aliphatic rings. The lowest BCUT2D eigenvalue weighted by Crippen LogP contribution is -2.05. The first-order chi connectivity index (χ1) is 5.65. The number of hydrogen-bond acceptors (Lipinski definition) is 2. The van der Waals surface area contributed by atoms with Gasteiger partial charge < -0.3 is 10.4 Å². The number of phenols is 1. The molecule has 1 rings (SSSR count). The van der Waals surface area contributed by atoms with Gasteiger partial charge in [0.15, 0.2) is 17.4 Å². The first-order valence-corrected chi connectivity index (χ1v) is 3.46. The third-order valence-corrected chi connectivity index (χ3v) is 1.46. The first-order valence-electron chi connectivity index (χ1n) is 3.46. The maximum absolute atomic E-state index is 12.6. The molecular weight excluding hydrogens is 164 g/mol. The van der Waals surface area contributed by atoms with Crippen LogP contribution in [0.25, 0.3) is 0 Å². The summed E-state index contributed by atoms with van der Waals surface area (Å²) in [5.41, 5.74) is 0.463. The van der Waals surface area contributed by atoms with Gasteiger partial charge in [0.1, 0.15) is 0 Å². The zero-order valence-corrected chi connectivity index (χ0v) is 6.56. The summed E-state index contributed by atoms with van der Waals surface area (Å²) in [6, 6.07) is 2.18. The van der Waals surface area contributed by atoms with Crippen molar-refractivity contribution in [3.63, 3.8) is 0 Å². The second-order valence-electron chi connectivity index (χ2n) is 2.44. The Morgan fingerprint density at radius 3 is 2.25 bits per heavy atom. The van der Waals surface area contributed by atoms with Crippen LogP contribution in [0.5, 0.6) is 5.75 Å². The van der Waals surface area contributed by atoms with Gasteiger partial charge >= 0.3 is 0 Å². The second kappa shape index (κ2) is 3.49. The monoisotopic (exact) mass is 173 g/mol. The van der Waals surface area contributed by atoms with Crippen LogP contribution in [-0.4, -0.2) is 12.2 Å². The molecule has 1 aromatic rings. The summed E-state index contributed by atoms with van der Waals surface area (Å²) in [5, 5.41) is 11.5. The van der Waals surface area contributed by atoms with Crippen LogP contribution in [-0.2, 0) is 6.54 Å². The van der Waals surface area contributed by atoms with E-state index in [9.17, 15) is 8.78 Å². The largest absolute Gasteiger partial charge is 0.503 e. The smallest absolute Gasteiger partial charge is 0.187 e. The van der Waals surface area contributed by atoms with E-state index < -0.39 is 17.4 Å². The van der Waals surface area contributed by atoms with Crippen molar-refractivity contribution in [1.29, 1.82) is 0 Å². The van der Waals surface area contributed by atoms with Crippen molar-refractivity contribution in [2.75, 3.05) is 7.05 Å². The van der Waals surface area contributed by atoms with Gasteiger partial charge in [0, 0.05) is 6.54 Å². The fourth-order valence-electron chi connectivity index (χ4n) is 0.924. The van der Waals surface area contributed by atoms with Crippen molar-refractivity contribution in [1.82, 2.24) is 5.32 Å². The third-order valence-electron chi connectivity index (χ3n) is 1.46. The van der Waals surface area contributed by atoms with Crippen molar-refractivity contribution in [2.45, 2.75) is 6.54 Å². The molecule has 0 amide bonds. The molecule has 0 heterocycles. The van der Waals surface area contributed by atoms with Crippen LogP contribution in [0.1, 0.15) is 5.56 Å². The molecule has 0 saturated heterocycles. The van der Waals surface area contributed by atoms with Crippen molar-refractivity contribution >= 4 is 0 Å². The van der Waals surface area contributed by atoms with Crippen molar-refractivity contribution in [3.8, 4) is 5.75 Å². The van der Waals surface area contributed by atoms with E-state index in [0.717, 1.165) is 12.1 Å². The van der Waals surface area contributed by atoms with Crippen LogP contribution in [0.15, 0.2) is 12.1 Å². The molecule has 66 valence electrons. The van der Waals surface area contributed by atoms with Crippen molar-refractivity contribution in [3.05, 3.63) is 29.3 Å². The van der Waals surface area contributed by atoms with Gasteiger partial charge in [-0.3, -0.25) is 0 Å². The summed E-state index contributed by atoms with van der Waals surface area (Å²) in [6.07, 6.45) is 0. The molecule has 0 aromatic heterocycles. The number of aromatic hydroxyl groups is 1. The summed E-state index contributed by atoms with van der Waals surface area (Å²) in [4.78, 5) is 0. The fourth-order valence-corrected chi connectivity index (χ4v) is 0.924. The molecular formula is C8H9F2NO. The molecule has 12 heavy (non-hydrogen) atoms.